The van der Waals surface area contributed by atoms with Crippen LogP contribution < -0.4 is 5.32 Å². The Morgan fingerprint density at radius 2 is 2.20 bits per heavy atom. The monoisotopic (exact) mass is 380 g/mol. The minimum absolute atomic E-state index is 0.150. The van der Waals surface area contributed by atoms with E-state index >= 15 is 0 Å². The zero-order valence-electron chi connectivity index (χ0n) is 14.8. The number of piperidine rings is 1. The predicted molar refractivity (Wildman–Crippen MR) is 101 cm³/mol. The maximum atomic E-state index is 12.7. The normalized spacial score (nSPS) is 22.0. The third-order valence-electron chi connectivity index (χ3n) is 4.21. The van der Waals surface area contributed by atoms with Crippen LogP contribution in [0.3, 0.4) is 0 Å². The molecule has 0 aliphatic carbocycles. The highest BCUT2D eigenvalue weighted by molar-refractivity contribution is 8.02. The van der Waals surface area contributed by atoms with Crippen LogP contribution in [0.25, 0.3) is 0 Å². The van der Waals surface area contributed by atoms with E-state index in [1.165, 1.54) is 29.5 Å². The Hall–Kier alpha value is -1.54. The first kappa shape index (κ1) is 18.3. The number of hydrogen-bond donors (Lipinski definition) is 1. The van der Waals surface area contributed by atoms with Crippen molar-refractivity contribution < 1.29 is 9.21 Å². The molecule has 2 aromatic rings. The van der Waals surface area contributed by atoms with Crippen molar-refractivity contribution in [3.63, 3.8) is 0 Å². The van der Waals surface area contributed by atoms with Crippen LogP contribution in [-0.4, -0.2) is 39.3 Å². The quantitative estimate of drug-likeness (QED) is 0.770. The minimum atomic E-state index is -0.150. The van der Waals surface area contributed by atoms with Crippen LogP contribution in [0.1, 0.15) is 33.0 Å². The van der Waals surface area contributed by atoms with Crippen molar-refractivity contribution in [3.8, 4) is 0 Å². The first-order valence-electron chi connectivity index (χ1n) is 8.56. The first-order valence-corrected chi connectivity index (χ1v) is 10.3. The first-order chi connectivity index (χ1) is 12.0. The second-order valence-corrected chi connectivity index (χ2v) is 9.32. The van der Waals surface area contributed by atoms with E-state index in [4.69, 9.17) is 4.42 Å². The number of carbonyl (C=O) groups is 1. The number of thioether (sulfide) groups is 1. The number of nitrogens with zero attached hydrogens (tertiary/aromatic N) is 3. The number of hydrogen-bond acceptors (Lipinski definition) is 7. The van der Waals surface area contributed by atoms with Gasteiger partial charge in [0.25, 0.3) is 0 Å². The molecular weight excluding hydrogens is 356 g/mol. The van der Waals surface area contributed by atoms with E-state index < -0.39 is 0 Å². The van der Waals surface area contributed by atoms with Crippen molar-refractivity contribution in [1.82, 2.24) is 15.1 Å². The molecule has 1 aliphatic rings. The molecule has 1 saturated heterocycles. The minimum Gasteiger partial charge on any atom is -0.467 e. The van der Waals surface area contributed by atoms with E-state index in [2.05, 4.69) is 29.4 Å². The van der Waals surface area contributed by atoms with Crippen LogP contribution in [-0.2, 0) is 11.3 Å². The number of likely N-dealkylation sites (tertiary alicyclic amines) is 1. The molecule has 2 aromatic heterocycles. The number of rotatable bonds is 6. The van der Waals surface area contributed by atoms with Gasteiger partial charge in [-0.1, -0.05) is 36.9 Å². The summed E-state index contributed by atoms with van der Waals surface area (Å²) < 4.78 is 6.09. The summed E-state index contributed by atoms with van der Waals surface area (Å²) in [5, 5.41) is 12.1. The molecule has 1 N–H and O–H groups in total. The molecule has 25 heavy (non-hydrogen) atoms. The maximum Gasteiger partial charge on any atom is 0.235 e. The number of amides is 1. The molecule has 0 radical (unpaired) electrons. The van der Waals surface area contributed by atoms with E-state index in [0.29, 0.717) is 18.4 Å². The summed E-state index contributed by atoms with van der Waals surface area (Å²) in [7, 11) is 0. The number of nitrogens with one attached hydrogen (secondary N) is 1. The maximum absolute atomic E-state index is 12.7. The number of anilines is 1. The SMILES string of the molecule is CC1CC(C)CN(C(=O)C(C)Sc2nnc(NCc3ccco3)s2)C1. The van der Waals surface area contributed by atoms with Gasteiger partial charge in [0, 0.05) is 13.1 Å². The van der Waals surface area contributed by atoms with Crippen molar-refractivity contribution in [2.45, 2.75) is 43.3 Å². The molecule has 1 aliphatic heterocycles. The average molecular weight is 381 g/mol. The zero-order valence-corrected chi connectivity index (χ0v) is 16.4. The van der Waals surface area contributed by atoms with Gasteiger partial charge in [-0.05, 0) is 37.3 Å². The Morgan fingerprint density at radius 1 is 1.44 bits per heavy atom. The van der Waals surface area contributed by atoms with Crippen LogP contribution in [0.2, 0.25) is 0 Å². The molecule has 3 atom stereocenters. The van der Waals surface area contributed by atoms with E-state index in [-0.39, 0.29) is 11.2 Å². The summed E-state index contributed by atoms with van der Waals surface area (Å²) in [6.45, 7) is 8.68. The molecule has 0 saturated carbocycles. The molecule has 136 valence electrons. The highest BCUT2D eigenvalue weighted by Gasteiger charge is 2.29. The average Bonchev–Trinajstić information content (AvgIpc) is 3.22. The Kier molecular flexibility index (Phi) is 6.01. The molecular formula is C17H24N4O2S2. The van der Waals surface area contributed by atoms with Crippen molar-refractivity contribution in [3.05, 3.63) is 24.2 Å². The third-order valence-corrected chi connectivity index (χ3v) is 6.26. The fourth-order valence-corrected chi connectivity index (χ4v) is 5.18. The highest BCUT2D eigenvalue weighted by Crippen LogP contribution is 2.31. The van der Waals surface area contributed by atoms with E-state index in [0.717, 1.165) is 28.3 Å². The van der Waals surface area contributed by atoms with Gasteiger partial charge in [-0.3, -0.25) is 4.79 Å². The van der Waals surface area contributed by atoms with Crippen LogP contribution >= 0.6 is 23.1 Å². The van der Waals surface area contributed by atoms with Crippen LogP contribution in [0.5, 0.6) is 0 Å². The van der Waals surface area contributed by atoms with Gasteiger partial charge in [-0.2, -0.15) is 0 Å². The van der Waals surface area contributed by atoms with Crippen LogP contribution in [0.15, 0.2) is 27.2 Å². The molecule has 0 aromatic carbocycles. The molecule has 0 bridgehead atoms. The van der Waals surface area contributed by atoms with Crippen molar-refractivity contribution in [1.29, 1.82) is 0 Å². The largest absolute Gasteiger partial charge is 0.467 e. The van der Waals surface area contributed by atoms with Gasteiger partial charge in [-0.15, -0.1) is 10.2 Å². The van der Waals surface area contributed by atoms with Gasteiger partial charge in [0.05, 0.1) is 18.1 Å². The van der Waals surface area contributed by atoms with Gasteiger partial charge in [-0.25, -0.2) is 0 Å². The summed E-state index contributed by atoms with van der Waals surface area (Å²) in [6, 6.07) is 3.76. The number of aromatic nitrogens is 2. The van der Waals surface area contributed by atoms with Crippen molar-refractivity contribution >= 4 is 34.1 Å². The predicted octanol–water partition coefficient (Wildman–Crippen LogP) is 3.73. The molecule has 3 heterocycles. The van der Waals surface area contributed by atoms with Crippen molar-refractivity contribution in [2.24, 2.45) is 11.8 Å². The van der Waals surface area contributed by atoms with E-state index in [9.17, 15) is 4.79 Å². The molecule has 6 nitrogen and oxygen atoms in total. The molecule has 1 amide bonds. The Bertz CT molecular complexity index is 679. The summed E-state index contributed by atoms with van der Waals surface area (Å²) >= 11 is 2.95. The Labute approximate surface area is 156 Å². The summed E-state index contributed by atoms with van der Waals surface area (Å²) in [5.41, 5.74) is 0. The fourth-order valence-electron chi connectivity index (χ4n) is 3.21. The zero-order chi connectivity index (χ0) is 17.8. The molecule has 1 fully saturated rings. The number of carbonyl (C=O) groups excluding carboxylic acids is 1. The molecule has 0 spiro atoms. The third kappa shape index (κ3) is 4.98. The standard InChI is InChI=1S/C17H24N4O2S2/c1-11-7-12(2)10-21(9-11)15(22)13(3)24-17-20-19-16(25-17)18-8-14-5-4-6-23-14/h4-6,11-13H,7-10H2,1-3H3,(H,18,19). The lowest BCUT2D eigenvalue weighted by Crippen LogP contribution is -2.45. The summed E-state index contributed by atoms with van der Waals surface area (Å²) in [5.74, 6) is 2.19. The Balaban J connectivity index is 1.52. The van der Waals surface area contributed by atoms with Gasteiger partial charge in [0.15, 0.2) is 4.34 Å². The van der Waals surface area contributed by atoms with Crippen LogP contribution in [0.4, 0.5) is 5.13 Å². The lowest BCUT2D eigenvalue weighted by Gasteiger charge is -2.36. The summed E-state index contributed by atoms with van der Waals surface area (Å²) in [4.78, 5) is 14.7. The second-order valence-electron chi connectivity index (χ2n) is 6.76. The van der Waals surface area contributed by atoms with Gasteiger partial charge in [0.1, 0.15) is 5.76 Å². The van der Waals surface area contributed by atoms with Gasteiger partial charge in [0.2, 0.25) is 11.0 Å². The summed E-state index contributed by atoms with van der Waals surface area (Å²) in [6.07, 6.45) is 2.85. The highest BCUT2D eigenvalue weighted by atomic mass is 32.2. The topological polar surface area (TPSA) is 71.3 Å². The second kappa shape index (κ2) is 8.23. The lowest BCUT2D eigenvalue weighted by atomic mass is 9.92. The number of furan rings is 1. The van der Waals surface area contributed by atoms with Gasteiger partial charge >= 0.3 is 0 Å². The fraction of sp³-hybridized carbons (Fsp3) is 0.588. The molecule has 3 unspecified atom stereocenters. The Morgan fingerprint density at radius 3 is 2.88 bits per heavy atom. The molecule has 8 heteroatoms. The lowest BCUT2D eigenvalue weighted by molar-refractivity contribution is -0.132. The van der Waals surface area contributed by atoms with Crippen LogP contribution in [0, 0.1) is 11.8 Å². The van der Waals surface area contributed by atoms with Crippen molar-refractivity contribution in [2.75, 3.05) is 18.4 Å². The van der Waals surface area contributed by atoms with E-state index in [1.54, 1.807) is 6.26 Å². The molecule has 3 rings (SSSR count). The van der Waals surface area contributed by atoms with Gasteiger partial charge < -0.3 is 14.6 Å². The van der Waals surface area contributed by atoms with E-state index in [1.807, 2.05) is 24.0 Å². The smallest absolute Gasteiger partial charge is 0.235 e.